The fraction of sp³-hybridized carbons (Fsp3) is 0.667. The molecule has 2 aromatic heterocycles. The number of piperidine rings is 1. The van der Waals surface area contributed by atoms with E-state index in [4.69, 9.17) is 14.8 Å². The largest absolute Gasteiger partial charge is 0.375 e. The van der Waals surface area contributed by atoms with Gasteiger partial charge in [0.25, 0.3) is 5.56 Å². The number of aryl methyl sites for hydroxylation is 2. The number of hydrogen-bond donors (Lipinski definition) is 0. The normalized spacial score (nSPS) is 20.7. The Balaban J connectivity index is 1.17. The number of fused-ring (bicyclic) bond motifs is 2. The minimum atomic E-state index is 0.0821. The molecule has 0 N–H and O–H groups in total. The van der Waals surface area contributed by atoms with Gasteiger partial charge in [-0.25, -0.2) is 9.67 Å². The van der Waals surface area contributed by atoms with Gasteiger partial charge in [0.1, 0.15) is 5.01 Å². The van der Waals surface area contributed by atoms with Crippen molar-refractivity contribution in [2.75, 3.05) is 19.7 Å². The van der Waals surface area contributed by atoms with Gasteiger partial charge in [-0.1, -0.05) is 0 Å². The molecule has 0 atom stereocenters. The van der Waals surface area contributed by atoms with E-state index in [0.29, 0.717) is 5.92 Å². The summed E-state index contributed by atoms with van der Waals surface area (Å²) in [4.78, 5) is 21.1. The third-order valence-electron chi connectivity index (χ3n) is 6.31. The van der Waals surface area contributed by atoms with Crippen LogP contribution in [0.4, 0.5) is 0 Å². The summed E-state index contributed by atoms with van der Waals surface area (Å²) < 4.78 is 7.27. The van der Waals surface area contributed by atoms with Crippen molar-refractivity contribution in [1.29, 1.82) is 0 Å². The van der Waals surface area contributed by atoms with Crippen LogP contribution in [-0.2, 0) is 43.7 Å². The maximum absolute atomic E-state index is 12.4. The molecule has 0 unspecified atom stereocenters. The second-order valence-electron chi connectivity index (χ2n) is 8.34. The van der Waals surface area contributed by atoms with Crippen molar-refractivity contribution in [3.05, 3.63) is 43.3 Å². The third-order valence-corrected chi connectivity index (χ3v) is 7.37. The lowest BCUT2D eigenvalue weighted by molar-refractivity contribution is 0.112. The van der Waals surface area contributed by atoms with Gasteiger partial charge in [0.2, 0.25) is 0 Å². The third kappa shape index (κ3) is 3.93. The van der Waals surface area contributed by atoms with Crippen molar-refractivity contribution < 1.29 is 4.74 Å². The molecule has 0 aromatic carbocycles. The van der Waals surface area contributed by atoms with Crippen LogP contribution in [0.2, 0.25) is 0 Å². The van der Waals surface area contributed by atoms with Crippen LogP contribution < -0.4 is 5.56 Å². The molecule has 6 nitrogen and oxygen atoms in total. The van der Waals surface area contributed by atoms with Crippen LogP contribution in [0.5, 0.6) is 0 Å². The summed E-state index contributed by atoms with van der Waals surface area (Å²) in [5.74, 6) is 0.543. The summed E-state index contributed by atoms with van der Waals surface area (Å²) in [7, 11) is 0. The van der Waals surface area contributed by atoms with Crippen molar-refractivity contribution in [1.82, 2.24) is 19.7 Å². The van der Waals surface area contributed by atoms with Crippen LogP contribution in [0.1, 0.15) is 52.5 Å². The molecule has 7 heteroatoms. The van der Waals surface area contributed by atoms with Gasteiger partial charge in [-0.3, -0.25) is 9.69 Å². The zero-order chi connectivity index (χ0) is 18.9. The fourth-order valence-electron chi connectivity index (χ4n) is 4.64. The van der Waals surface area contributed by atoms with Crippen LogP contribution in [0.3, 0.4) is 0 Å². The molecule has 150 valence electrons. The van der Waals surface area contributed by atoms with Gasteiger partial charge < -0.3 is 4.74 Å². The maximum Gasteiger partial charge on any atom is 0.267 e. The Morgan fingerprint density at radius 3 is 2.86 bits per heavy atom. The second-order valence-corrected chi connectivity index (χ2v) is 9.51. The average molecular weight is 401 g/mol. The highest BCUT2D eigenvalue weighted by molar-refractivity contribution is 7.11. The Kier molecular flexibility index (Phi) is 5.30. The molecule has 3 aliphatic rings. The molecule has 28 heavy (non-hydrogen) atoms. The van der Waals surface area contributed by atoms with Gasteiger partial charge in [-0.15, -0.1) is 11.3 Å². The minimum absolute atomic E-state index is 0.0821. The molecule has 1 aliphatic carbocycles. The summed E-state index contributed by atoms with van der Waals surface area (Å²) in [6.07, 6.45) is 7.63. The molecule has 0 radical (unpaired) electrons. The van der Waals surface area contributed by atoms with E-state index in [1.54, 1.807) is 4.68 Å². The molecule has 1 fully saturated rings. The lowest BCUT2D eigenvalue weighted by Crippen LogP contribution is -2.37. The summed E-state index contributed by atoms with van der Waals surface area (Å²) in [5.41, 5.74) is 3.66. The lowest BCUT2D eigenvalue weighted by Gasteiger charge is -2.31. The highest BCUT2D eigenvalue weighted by Crippen LogP contribution is 2.26. The Hall–Kier alpha value is -1.57. The average Bonchev–Trinajstić information content (AvgIpc) is 3.12. The van der Waals surface area contributed by atoms with E-state index in [0.717, 1.165) is 77.2 Å². The van der Waals surface area contributed by atoms with Crippen molar-refractivity contribution in [3.63, 3.8) is 0 Å². The Morgan fingerprint density at radius 1 is 1.14 bits per heavy atom. The quantitative estimate of drug-likeness (QED) is 0.789. The summed E-state index contributed by atoms with van der Waals surface area (Å²) in [5, 5.41) is 5.92. The highest BCUT2D eigenvalue weighted by atomic mass is 32.1. The molecular weight excluding hydrogens is 372 g/mol. The highest BCUT2D eigenvalue weighted by Gasteiger charge is 2.23. The van der Waals surface area contributed by atoms with Gasteiger partial charge in [0.05, 0.1) is 36.0 Å². The molecule has 5 rings (SSSR count). The number of thiazole rings is 1. The van der Waals surface area contributed by atoms with Crippen molar-refractivity contribution >= 4 is 11.3 Å². The zero-order valence-corrected chi connectivity index (χ0v) is 17.2. The van der Waals surface area contributed by atoms with E-state index in [1.165, 1.54) is 34.0 Å². The molecular formula is C21H28N4O2S. The molecule has 4 heterocycles. The molecule has 0 bridgehead atoms. The first-order valence-electron chi connectivity index (χ1n) is 10.6. The van der Waals surface area contributed by atoms with Crippen LogP contribution in [0, 0.1) is 5.92 Å². The number of hydrogen-bond acceptors (Lipinski definition) is 6. The first kappa shape index (κ1) is 18.5. The van der Waals surface area contributed by atoms with E-state index in [9.17, 15) is 4.79 Å². The van der Waals surface area contributed by atoms with Crippen LogP contribution in [0.25, 0.3) is 0 Å². The summed E-state index contributed by atoms with van der Waals surface area (Å²) >= 11 is 1.81. The summed E-state index contributed by atoms with van der Waals surface area (Å²) in [6.45, 7) is 5.40. The predicted octanol–water partition coefficient (Wildman–Crippen LogP) is 2.56. The number of ether oxygens (including phenoxy) is 1. The molecule has 0 saturated carbocycles. The molecule has 0 amide bonds. The van der Waals surface area contributed by atoms with E-state index in [1.807, 2.05) is 17.4 Å². The monoisotopic (exact) mass is 400 g/mol. The number of rotatable bonds is 4. The smallest absolute Gasteiger partial charge is 0.267 e. The molecule has 0 spiro atoms. The van der Waals surface area contributed by atoms with E-state index in [2.05, 4.69) is 4.90 Å². The number of nitrogens with zero attached hydrogens (tertiary/aromatic N) is 4. The predicted molar refractivity (Wildman–Crippen MR) is 109 cm³/mol. The first-order chi connectivity index (χ1) is 13.7. The second kappa shape index (κ2) is 8.05. The molecule has 1 saturated heterocycles. The van der Waals surface area contributed by atoms with Crippen molar-refractivity contribution in [2.24, 2.45) is 5.92 Å². The molecule has 2 aromatic rings. The summed E-state index contributed by atoms with van der Waals surface area (Å²) in [6, 6.07) is 1.84. The minimum Gasteiger partial charge on any atom is -0.375 e. The topological polar surface area (TPSA) is 60.2 Å². The fourth-order valence-corrected chi connectivity index (χ4v) is 5.74. The first-order valence-corrected chi connectivity index (χ1v) is 11.4. The maximum atomic E-state index is 12.4. The Labute approximate surface area is 169 Å². The van der Waals surface area contributed by atoms with Crippen LogP contribution >= 0.6 is 11.3 Å². The number of likely N-dealkylation sites (tertiary alicyclic amines) is 1. The van der Waals surface area contributed by atoms with Gasteiger partial charge in [-0.05, 0) is 63.1 Å². The van der Waals surface area contributed by atoms with E-state index in [-0.39, 0.29) is 5.56 Å². The van der Waals surface area contributed by atoms with Crippen LogP contribution in [0.15, 0.2) is 10.9 Å². The lowest BCUT2D eigenvalue weighted by atomic mass is 9.96. The Morgan fingerprint density at radius 2 is 2.00 bits per heavy atom. The zero-order valence-electron chi connectivity index (χ0n) is 16.4. The van der Waals surface area contributed by atoms with Crippen molar-refractivity contribution in [3.8, 4) is 0 Å². The number of aromatic nitrogens is 3. The standard InChI is InChI=1S/C21H28N4O2S/c26-21-11-16-3-1-2-4-17(16)23-25(21)12-15-5-8-24(9-6-15)13-20-22-18-7-10-27-14-19(18)28-20/h11,15H,1-10,12-14H2. The van der Waals surface area contributed by atoms with Crippen LogP contribution in [-0.4, -0.2) is 39.4 Å². The van der Waals surface area contributed by atoms with Crippen molar-refractivity contribution in [2.45, 2.75) is 64.6 Å². The van der Waals surface area contributed by atoms with Gasteiger partial charge in [-0.2, -0.15) is 5.10 Å². The van der Waals surface area contributed by atoms with Gasteiger partial charge in [0.15, 0.2) is 0 Å². The Bertz CT molecular complexity index is 875. The van der Waals surface area contributed by atoms with E-state index >= 15 is 0 Å². The molecule has 2 aliphatic heterocycles. The SMILES string of the molecule is O=c1cc2c(nn1CC1CCN(Cc3nc4c(s3)COCC4)CC1)CCCC2. The van der Waals surface area contributed by atoms with Gasteiger partial charge >= 0.3 is 0 Å². The van der Waals surface area contributed by atoms with E-state index < -0.39 is 0 Å². The van der Waals surface area contributed by atoms with Gasteiger partial charge in [0, 0.05) is 19.0 Å².